The first-order valence-electron chi connectivity index (χ1n) is 11.7. The molecule has 2 aromatic carbocycles. The van der Waals surface area contributed by atoms with Gasteiger partial charge in [-0.25, -0.2) is 0 Å². The number of carbonyl (C=O) groups excluding carboxylic acids is 3. The Labute approximate surface area is 213 Å². The fourth-order valence-electron chi connectivity index (χ4n) is 3.45. The van der Waals surface area contributed by atoms with Crippen molar-refractivity contribution in [3.05, 3.63) is 47.5 Å². The number of carboxylic acids is 1. The molecule has 2 aromatic rings. The topological polar surface area (TPSA) is 197 Å². The second kappa shape index (κ2) is 14.2. The average molecular weight is 518 g/mol. The van der Waals surface area contributed by atoms with Crippen LogP contribution in [0.25, 0.3) is 0 Å². The second-order valence-electron chi connectivity index (χ2n) is 8.19. The molecule has 2 rings (SSSR count). The maximum atomic E-state index is 12.5. The number of phenols is 4. The Morgan fingerprint density at radius 2 is 1.16 bits per heavy atom. The molecule has 0 saturated heterocycles. The van der Waals surface area contributed by atoms with Gasteiger partial charge in [0.05, 0.1) is 17.5 Å². The number of hydrogen-bond donors (Lipinski definition) is 7. The molecule has 0 spiro atoms. The van der Waals surface area contributed by atoms with Gasteiger partial charge in [0.15, 0.2) is 23.0 Å². The SMILES string of the molecule is O=C(O)CCC(=O)N(CCCCNC(=O)c1cccc(O)c1O)CCCNC(=O)c1cccc(O)c1O. The molecule has 0 atom stereocenters. The van der Waals surface area contributed by atoms with Crippen LogP contribution < -0.4 is 10.6 Å². The largest absolute Gasteiger partial charge is 0.504 e. The van der Waals surface area contributed by atoms with E-state index in [4.69, 9.17) is 5.11 Å². The Kier molecular flexibility index (Phi) is 11.0. The van der Waals surface area contributed by atoms with E-state index in [2.05, 4.69) is 10.6 Å². The molecule has 37 heavy (non-hydrogen) atoms. The van der Waals surface area contributed by atoms with Crippen LogP contribution in [0.4, 0.5) is 0 Å². The highest BCUT2D eigenvalue weighted by molar-refractivity contribution is 5.98. The Bertz CT molecular complexity index is 1120. The van der Waals surface area contributed by atoms with Crippen LogP contribution in [-0.2, 0) is 9.59 Å². The molecule has 0 fully saturated rings. The van der Waals surface area contributed by atoms with Crippen LogP contribution in [0.5, 0.6) is 23.0 Å². The van der Waals surface area contributed by atoms with Crippen molar-refractivity contribution in [2.24, 2.45) is 0 Å². The van der Waals surface area contributed by atoms with Gasteiger partial charge in [-0.05, 0) is 43.5 Å². The van der Waals surface area contributed by atoms with Crippen molar-refractivity contribution >= 4 is 23.7 Å². The van der Waals surface area contributed by atoms with Gasteiger partial charge in [-0.15, -0.1) is 0 Å². The standard InChI is InChI=1S/C25H31N3O9/c29-18-8-3-6-16(22(18)34)24(36)26-12-1-2-14-28(20(31)10-11-21(32)33)15-5-13-27-25(37)17-7-4-9-19(30)23(17)35/h3-4,6-9,29-30,34-35H,1-2,5,10-15H2,(H,26,36)(H,27,37)(H,32,33). The monoisotopic (exact) mass is 517 g/mol. The Morgan fingerprint density at radius 1 is 0.676 bits per heavy atom. The minimum atomic E-state index is -1.09. The number of aromatic hydroxyl groups is 4. The zero-order valence-electron chi connectivity index (χ0n) is 20.1. The minimum Gasteiger partial charge on any atom is -0.504 e. The molecule has 12 heteroatoms. The summed E-state index contributed by atoms with van der Waals surface area (Å²) < 4.78 is 0. The number of phenolic OH excluding ortho intramolecular Hbond substituents is 4. The van der Waals surface area contributed by atoms with Crippen LogP contribution in [0, 0.1) is 0 Å². The molecular weight excluding hydrogens is 486 g/mol. The number of amides is 3. The predicted octanol–water partition coefficient (Wildman–Crippen LogP) is 1.53. The number of para-hydroxylation sites is 2. The maximum Gasteiger partial charge on any atom is 0.303 e. The van der Waals surface area contributed by atoms with Gasteiger partial charge in [-0.1, -0.05) is 12.1 Å². The fraction of sp³-hybridized carbons (Fsp3) is 0.360. The van der Waals surface area contributed by atoms with Crippen molar-refractivity contribution in [1.82, 2.24) is 15.5 Å². The normalized spacial score (nSPS) is 10.5. The molecule has 0 aliphatic rings. The maximum absolute atomic E-state index is 12.5. The first-order chi connectivity index (χ1) is 17.6. The smallest absolute Gasteiger partial charge is 0.303 e. The molecule has 3 amide bonds. The van der Waals surface area contributed by atoms with Crippen molar-refractivity contribution in [3.63, 3.8) is 0 Å². The Morgan fingerprint density at radius 3 is 1.68 bits per heavy atom. The van der Waals surface area contributed by atoms with E-state index >= 15 is 0 Å². The lowest BCUT2D eigenvalue weighted by Crippen LogP contribution is -2.35. The number of nitrogens with one attached hydrogen (secondary N) is 2. The minimum absolute atomic E-state index is 0.0634. The summed E-state index contributed by atoms with van der Waals surface area (Å²) in [5.41, 5.74) is -0.151. The Balaban J connectivity index is 1.81. The lowest BCUT2D eigenvalue weighted by Gasteiger charge is -2.23. The van der Waals surface area contributed by atoms with Gasteiger partial charge in [-0.3, -0.25) is 19.2 Å². The number of carboxylic acid groups (broad SMARTS) is 1. The highest BCUT2D eigenvalue weighted by atomic mass is 16.4. The molecule has 0 aliphatic carbocycles. The first kappa shape index (κ1) is 28.8. The predicted molar refractivity (Wildman–Crippen MR) is 132 cm³/mol. The van der Waals surface area contributed by atoms with Crippen LogP contribution >= 0.6 is 0 Å². The van der Waals surface area contributed by atoms with E-state index in [0.717, 1.165) is 0 Å². The lowest BCUT2D eigenvalue weighted by atomic mass is 10.1. The molecule has 0 unspecified atom stereocenters. The van der Waals surface area contributed by atoms with E-state index in [1.165, 1.54) is 41.3 Å². The highest BCUT2D eigenvalue weighted by Crippen LogP contribution is 2.28. The van der Waals surface area contributed by atoms with Gasteiger partial charge >= 0.3 is 5.97 Å². The lowest BCUT2D eigenvalue weighted by molar-refractivity contribution is -0.141. The third-order valence-electron chi connectivity index (χ3n) is 5.45. The van der Waals surface area contributed by atoms with Crippen molar-refractivity contribution < 1.29 is 44.7 Å². The summed E-state index contributed by atoms with van der Waals surface area (Å²) in [6, 6.07) is 8.07. The Hall–Kier alpha value is -4.48. The molecule has 0 radical (unpaired) electrons. The van der Waals surface area contributed by atoms with Crippen molar-refractivity contribution in [1.29, 1.82) is 0 Å². The molecule has 0 heterocycles. The van der Waals surface area contributed by atoms with Crippen molar-refractivity contribution in [2.75, 3.05) is 26.2 Å². The van der Waals surface area contributed by atoms with E-state index in [9.17, 15) is 39.6 Å². The number of nitrogens with zero attached hydrogens (tertiary/aromatic N) is 1. The van der Waals surface area contributed by atoms with E-state index < -0.39 is 40.8 Å². The third kappa shape index (κ3) is 8.91. The van der Waals surface area contributed by atoms with Crippen LogP contribution in [0.3, 0.4) is 0 Å². The number of unbranched alkanes of at least 4 members (excludes halogenated alkanes) is 1. The highest BCUT2D eigenvalue weighted by Gasteiger charge is 2.17. The molecule has 0 aliphatic heterocycles. The van der Waals surface area contributed by atoms with Crippen molar-refractivity contribution in [2.45, 2.75) is 32.1 Å². The third-order valence-corrected chi connectivity index (χ3v) is 5.45. The van der Waals surface area contributed by atoms with Gasteiger partial charge in [0.2, 0.25) is 5.91 Å². The van der Waals surface area contributed by atoms with Crippen LogP contribution in [-0.4, -0.2) is 80.3 Å². The molecule has 200 valence electrons. The number of hydrogen-bond acceptors (Lipinski definition) is 8. The number of carbonyl (C=O) groups is 4. The summed E-state index contributed by atoms with van der Waals surface area (Å²) in [7, 11) is 0. The first-order valence-corrected chi connectivity index (χ1v) is 11.7. The van der Waals surface area contributed by atoms with Crippen LogP contribution in [0.2, 0.25) is 0 Å². The van der Waals surface area contributed by atoms with Gasteiger partial charge in [0, 0.05) is 32.6 Å². The van der Waals surface area contributed by atoms with E-state index in [-0.39, 0.29) is 49.5 Å². The van der Waals surface area contributed by atoms with Crippen molar-refractivity contribution in [3.8, 4) is 23.0 Å². The summed E-state index contributed by atoms with van der Waals surface area (Å²) in [6.45, 7) is 0.954. The number of aliphatic carboxylic acids is 1. The van der Waals surface area contributed by atoms with Crippen LogP contribution in [0.15, 0.2) is 36.4 Å². The number of benzene rings is 2. The molecule has 0 aromatic heterocycles. The fourth-order valence-corrected chi connectivity index (χ4v) is 3.45. The second-order valence-corrected chi connectivity index (χ2v) is 8.19. The van der Waals surface area contributed by atoms with E-state index in [1.54, 1.807) is 0 Å². The van der Waals surface area contributed by atoms with Gasteiger partial charge in [-0.2, -0.15) is 0 Å². The molecule has 0 saturated carbocycles. The molecule has 12 nitrogen and oxygen atoms in total. The summed E-state index contributed by atoms with van der Waals surface area (Å²) in [5, 5.41) is 52.7. The zero-order valence-corrected chi connectivity index (χ0v) is 20.1. The summed E-state index contributed by atoms with van der Waals surface area (Å²) in [4.78, 5) is 49.2. The molecular formula is C25H31N3O9. The summed E-state index contributed by atoms with van der Waals surface area (Å²) in [6.07, 6.45) is 0.854. The zero-order chi connectivity index (χ0) is 27.4. The quantitative estimate of drug-likeness (QED) is 0.143. The molecule has 0 bridgehead atoms. The number of rotatable bonds is 14. The van der Waals surface area contributed by atoms with Gasteiger partial charge in [0.25, 0.3) is 11.8 Å². The summed E-state index contributed by atoms with van der Waals surface area (Å²) >= 11 is 0. The molecule has 7 N–H and O–H groups in total. The van der Waals surface area contributed by atoms with Gasteiger partial charge in [0.1, 0.15) is 0 Å². The van der Waals surface area contributed by atoms with Gasteiger partial charge < -0.3 is 41.1 Å². The van der Waals surface area contributed by atoms with E-state index in [0.29, 0.717) is 25.8 Å². The van der Waals surface area contributed by atoms with E-state index in [1.807, 2.05) is 0 Å². The average Bonchev–Trinajstić information content (AvgIpc) is 2.86. The van der Waals surface area contributed by atoms with Crippen LogP contribution in [0.1, 0.15) is 52.8 Å². The summed E-state index contributed by atoms with van der Waals surface area (Å²) in [5.74, 6) is -4.46.